The second-order valence-electron chi connectivity index (χ2n) is 7.00. The predicted octanol–water partition coefficient (Wildman–Crippen LogP) is 1.76. The van der Waals surface area contributed by atoms with Crippen LogP contribution in [0, 0.1) is 6.92 Å². The van der Waals surface area contributed by atoms with Crippen molar-refractivity contribution in [3.05, 3.63) is 35.8 Å². The topological polar surface area (TPSA) is 130 Å². The molecule has 2 rings (SSSR count). The van der Waals surface area contributed by atoms with Crippen molar-refractivity contribution in [2.45, 2.75) is 46.3 Å². The highest BCUT2D eigenvalue weighted by Gasteiger charge is 2.22. The maximum atomic E-state index is 12.4. The van der Waals surface area contributed by atoms with Crippen molar-refractivity contribution in [3.8, 4) is 0 Å². The van der Waals surface area contributed by atoms with Crippen LogP contribution in [0.15, 0.2) is 24.4 Å². The Morgan fingerprint density at radius 3 is 2.59 bits per heavy atom. The van der Waals surface area contributed by atoms with E-state index in [-0.39, 0.29) is 5.69 Å². The van der Waals surface area contributed by atoms with E-state index in [1.54, 1.807) is 39.0 Å². The smallest absolute Gasteiger partial charge is 0.408 e. The zero-order valence-corrected chi connectivity index (χ0v) is 15.9. The number of anilines is 1. The van der Waals surface area contributed by atoms with Gasteiger partial charge in [0.2, 0.25) is 0 Å². The van der Waals surface area contributed by atoms with Crippen molar-refractivity contribution in [2.24, 2.45) is 0 Å². The van der Waals surface area contributed by atoms with Gasteiger partial charge in [-0.15, -0.1) is 0 Å². The number of aromatic amines is 1. The van der Waals surface area contributed by atoms with Crippen molar-refractivity contribution < 1.29 is 19.1 Å². The number of carbonyl (C=O) groups excluding carboxylic acids is 3. The molecule has 0 spiro atoms. The second-order valence-corrected chi connectivity index (χ2v) is 7.00. The molecule has 2 aromatic rings. The average Bonchev–Trinajstić information content (AvgIpc) is 3.14. The normalized spacial score (nSPS) is 12.2. The molecule has 0 fully saturated rings. The first-order valence-electron chi connectivity index (χ1n) is 8.36. The molecule has 0 aliphatic carbocycles. The molecule has 0 bridgehead atoms. The molecule has 27 heavy (non-hydrogen) atoms. The number of H-pyrrole nitrogens is 1. The first kappa shape index (κ1) is 20.0. The molecule has 4 N–H and O–H groups in total. The summed E-state index contributed by atoms with van der Waals surface area (Å²) in [5.41, 5.74) is 2.88. The van der Waals surface area contributed by atoms with Crippen molar-refractivity contribution in [2.75, 3.05) is 10.7 Å². The van der Waals surface area contributed by atoms with Gasteiger partial charge in [0.25, 0.3) is 11.8 Å². The third kappa shape index (κ3) is 5.87. The van der Waals surface area contributed by atoms with Gasteiger partial charge in [-0.05, 0) is 46.8 Å². The minimum atomic E-state index is -0.868. The molecule has 1 atom stereocenters. The number of alkyl carbamates (subject to hydrolysis) is 1. The lowest BCUT2D eigenvalue weighted by atomic mass is 10.2. The summed E-state index contributed by atoms with van der Waals surface area (Å²) in [6, 6.07) is 3.96. The van der Waals surface area contributed by atoms with E-state index in [0.29, 0.717) is 5.82 Å². The fraction of sp³-hybridized carbons (Fsp3) is 0.412. The molecule has 0 aliphatic heterocycles. The predicted molar refractivity (Wildman–Crippen MR) is 98.9 cm³/mol. The summed E-state index contributed by atoms with van der Waals surface area (Å²) in [6.45, 7) is 8.49. The Balaban J connectivity index is 1.97. The standard InChI is InChI=1S/C17H24N6O4/c1-10-9-13(21-20-10)19-15(25)12-7-6-8-23(12)22-14(24)11(2)18-16(26)27-17(3,4)5/h6-9,11H,1-5H3,(H,18,26)(H,22,24)(H2,19,20,21,25)/t11-/m0/s1. The number of hydrogen-bond donors (Lipinski definition) is 4. The van der Waals surface area contributed by atoms with Gasteiger partial charge in [-0.3, -0.25) is 24.8 Å². The van der Waals surface area contributed by atoms with E-state index in [1.807, 2.05) is 6.92 Å². The lowest BCUT2D eigenvalue weighted by Gasteiger charge is -2.22. The summed E-state index contributed by atoms with van der Waals surface area (Å²) in [4.78, 5) is 36.4. The molecule has 0 saturated carbocycles. The molecule has 2 heterocycles. The van der Waals surface area contributed by atoms with Gasteiger partial charge in [0.05, 0.1) is 0 Å². The summed E-state index contributed by atoms with van der Waals surface area (Å²) in [6.07, 6.45) is 0.813. The second kappa shape index (κ2) is 7.94. The largest absolute Gasteiger partial charge is 0.444 e. The Bertz CT molecular complexity index is 833. The van der Waals surface area contributed by atoms with E-state index >= 15 is 0 Å². The van der Waals surface area contributed by atoms with Gasteiger partial charge in [0.1, 0.15) is 17.3 Å². The Kier molecular flexibility index (Phi) is 5.88. The highest BCUT2D eigenvalue weighted by molar-refractivity contribution is 6.03. The average molecular weight is 376 g/mol. The molecule has 0 unspecified atom stereocenters. The summed E-state index contributed by atoms with van der Waals surface area (Å²) in [5.74, 6) is -0.585. The number of aromatic nitrogens is 3. The first-order chi connectivity index (χ1) is 12.5. The zero-order chi connectivity index (χ0) is 20.2. The van der Waals surface area contributed by atoms with Gasteiger partial charge in [-0.25, -0.2) is 4.79 Å². The van der Waals surface area contributed by atoms with Gasteiger partial charge in [-0.2, -0.15) is 5.10 Å². The van der Waals surface area contributed by atoms with E-state index in [4.69, 9.17) is 4.74 Å². The van der Waals surface area contributed by atoms with Crippen molar-refractivity contribution in [1.29, 1.82) is 0 Å². The highest BCUT2D eigenvalue weighted by Crippen LogP contribution is 2.09. The number of ether oxygens (including phenoxy) is 1. The number of hydrogen-bond acceptors (Lipinski definition) is 5. The van der Waals surface area contributed by atoms with Gasteiger partial charge in [0.15, 0.2) is 5.82 Å². The minimum absolute atomic E-state index is 0.202. The Morgan fingerprint density at radius 1 is 1.30 bits per heavy atom. The van der Waals surface area contributed by atoms with Crippen LogP contribution < -0.4 is 16.1 Å². The number of aryl methyl sites for hydroxylation is 1. The molecule has 0 aromatic carbocycles. The molecular weight excluding hydrogens is 352 g/mol. The van der Waals surface area contributed by atoms with Crippen LogP contribution in [0.4, 0.5) is 10.6 Å². The molecule has 10 nitrogen and oxygen atoms in total. The fourth-order valence-electron chi connectivity index (χ4n) is 2.09. The number of rotatable bonds is 5. The van der Waals surface area contributed by atoms with Crippen molar-refractivity contribution in [1.82, 2.24) is 20.2 Å². The third-order valence-corrected chi connectivity index (χ3v) is 3.29. The van der Waals surface area contributed by atoms with Crippen molar-refractivity contribution in [3.63, 3.8) is 0 Å². The fourth-order valence-corrected chi connectivity index (χ4v) is 2.09. The lowest BCUT2D eigenvalue weighted by molar-refractivity contribution is -0.118. The van der Waals surface area contributed by atoms with E-state index < -0.39 is 29.6 Å². The highest BCUT2D eigenvalue weighted by atomic mass is 16.6. The van der Waals surface area contributed by atoms with Gasteiger partial charge in [-0.1, -0.05) is 0 Å². The van der Waals surface area contributed by atoms with Crippen LogP contribution in [0.1, 0.15) is 43.9 Å². The number of carbonyl (C=O) groups is 3. The van der Waals surface area contributed by atoms with Crippen LogP contribution in [0.5, 0.6) is 0 Å². The molecule has 10 heteroatoms. The van der Waals surface area contributed by atoms with Gasteiger partial charge >= 0.3 is 6.09 Å². The zero-order valence-electron chi connectivity index (χ0n) is 15.9. The molecule has 3 amide bonds. The molecule has 2 aromatic heterocycles. The molecule has 0 aliphatic rings. The van der Waals surface area contributed by atoms with Crippen LogP contribution in [-0.4, -0.2) is 44.4 Å². The maximum absolute atomic E-state index is 12.4. The summed E-state index contributed by atoms with van der Waals surface area (Å²) >= 11 is 0. The van der Waals surface area contributed by atoms with Crippen molar-refractivity contribution >= 4 is 23.7 Å². The first-order valence-corrected chi connectivity index (χ1v) is 8.36. The maximum Gasteiger partial charge on any atom is 0.408 e. The van der Waals surface area contributed by atoms with E-state index in [1.165, 1.54) is 17.8 Å². The van der Waals surface area contributed by atoms with Crippen LogP contribution in [-0.2, 0) is 9.53 Å². The minimum Gasteiger partial charge on any atom is -0.444 e. The lowest BCUT2D eigenvalue weighted by Crippen LogP contribution is -2.46. The van der Waals surface area contributed by atoms with Crippen LogP contribution in [0.2, 0.25) is 0 Å². The molecule has 0 saturated heterocycles. The van der Waals surface area contributed by atoms with E-state index in [9.17, 15) is 14.4 Å². The van der Waals surface area contributed by atoms with E-state index in [0.717, 1.165) is 5.69 Å². The van der Waals surface area contributed by atoms with Crippen LogP contribution in [0.25, 0.3) is 0 Å². The molecule has 0 radical (unpaired) electrons. The third-order valence-electron chi connectivity index (χ3n) is 3.29. The molecular formula is C17H24N6O4. The quantitative estimate of drug-likeness (QED) is 0.632. The summed E-state index contributed by atoms with van der Waals surface area (Å²) < 4.78 is 6.38. The van der Waals surface area contributed by atoms with Crippen LogP contribution in [0.3, 0.4) is 0 Å². The Hall–Kier alpha value is -3.30. The number of amides is 3. The van der Waals surface area contributed by atoms with Gasteiger partial charge in [0, 0.05) is 18.0 Å². The Morgan fingerprint density at radius 2 is 2.00 bits per heavy atom. The summed E-state index contributed by atoms with van der Waals surface area (Å²) in [5, 5.41) is 11.7. The summed E-state index contributed by atoms with van der Waals surface area (Å²) in [7, 11) is 0. The SMILES string of the molecule is Cc1cc(NC(=O)c2cccn2NC(=O)[C@H](C)NC(=O)OC(C)(C)C)n[nH]1. The monoisotopic (exact) mass is 376 g/mol. The Labute approximate surface area is 156 Å². The molecule has 146 valence electrons. The van der Waals surface area contributed by atoms with E-state index in [2.05, 4.69) is 26.3 Å². The van der Waals surface area contributed by atoms with Crippen LogP contribution >= 0.6 is 0 Å². The number of nitrogens with zero attached hydrogens (tertiary/aromatic N) is 2. The van der Waals surface area contributed by atoms with Gasteiger partial charge < -0.3 is 15.4 Å². The number of nitrogens with one attached hydrogen (secondary N) is 4.